The molecule has 6 heteroatoms. The molecule has 0 radical (unpaired) electrons. The number of halogens is 3. The molecule has 1 unspecified atom stereocenters. The number of amides is 1. The highest BCUT2D eigenvalue weighted by Crippen LogP contribution is 2.18. The molecule has 0 bridgehead atoms. The van der Waals surface area contributed by atoms with Crippen LogP contribution in [0.3, 0.4) is 0 Å². The quantitative estimate of drug-likeness (QED) is 0.827. The van der Waals surface area contributed by atoms with Gasteiger partial charge in [-0.1, -0.05) is 30.3 Å². The molecule has 0 saturated heterocycles. The second kappa shape index (κ2) is 6.84. The molecular formula is C13H16F3NOS. The molecule has 0 aliphatic carbocycles. The van der Waals surface area contributed by atoms with Crippen molar-refractivity contribution in [3.8, 4) is 0 Å². The van der Waals surface area contributed by atoms with Crippen molar-refractivity contribution in [1.29, 1.82) is 0 Å². The van der Waals surface area contributed by atoms with Gasteiger partial charge in [0.2, 0.25) is 5.91 Å². The number of carbonyl (C=O) groups is 1. The number of benzene rings is 1. The van der Waals surface area contributed by atoms with Gasteiger partial charge in [-0.05, 0) is 18.9 Å². The molecule has 0 aromatic heterocycles. The van der Waals surface area contributed by atoms with E-state index in [1.165, 1.54) is 6.92 Å². The lowest BCUT2D eigenvalue weighted by Gasteiger charge is -2.25. The molecule has 0 heterocycles. The van der Waals surface area contributed by atoms with Crippen LogP contribution in [0.2, 0.25) is 0 Å². The zero-order valence-corrected chi connectivity index (χ0v) is 11.4. The number of carbonyl (C=O) groups excluding carboxylic acids is 1. The minimum Gasteiger partial charge on any atom is -0.333 e. The van der Waals surface area contributed by atoms with E-state index in [1.807, 2.05) is 30.3 Å². The maximum absolute atomic E-state index is 12.3. The molecule has 0 fully saturated rings. The van der Waals surface area contributed by atoms with Crippen LogP contribution in [0.15, 0.2) is 30.3 Å². The van der Waals surface area contributed by atoms with E-state index in [9.17, 15) is 18.0 Å². The van der Waals surface area contributed by atoms with Crippen molar-refractivity contribution in [1.82, 2.24) is 4.90 Å². The summed E-state index contributed by atoms with van der Waals surface area (Å²) in [4.78, 5) is 12.7. The van der Waals surface area contributed by atoms with Crippen molar-refractivity contribution >= 4 is 18.5 Å². The van der Waals surface area contributed by atoms with E-state index in [0.29, 0.717) is 6.42 Å². The first-order chi connectivity index (χ1) is 8.83. The van der Waals surface area contributed by atoms with Gasteiger partial charge in [0.15, 0.2) is 0 Å². The Morgan fingerprint density at radius 3 is 2.37 bits per heavy atom. The van der Waals surface area contributed by atoms with Crippen LogP contribution in [0.25, 0.3) is 0 Å². The van der Waals surface area contributed by atoms with Crippen LogP contribution < -0.4 is 0 Å². The lowest BCUT2D eigenvalue weighted by Crippen LogP contribution is -2.43. The van der Waals surface area contributed by atoms with Gasteiger partial charge in [-0.15, -0.1) is 0 Å². The second-order valence-electron chi connectivity index (χ2n) is 4.17. The summed E-state index contributed by atoms with van der Waals surface area (Å²) in [6, 6.07) is 9.09. The van der Waals surface area contributed by atoms with Gasteiger partial charge in [0, 0.05) is 6.54 Å². The first kappa shape index (κ1) is 15.9. The van der Waals surface area contributed by atoms with E-state index < -0.39 is 23.9 Å². The van der Waals surface area contributed by atoms with Gasteiger partial charge in [0.05, 0.1) is 5.25 Å². The Labute approximate surface area is 116 Å². The Balaban J connectivity index is 2.64. The SMILES string of the molecule is CCN(CC(F)(F)F)C(=O)C(S)Cc1ccccc1. The Morgan fingerprint density at radius 2 is 1.89 bits per heavy atom. The van der Waals surface area contributed by atoms with Gasteiger partial charge in [0.25, 0.3) is 0 Å². The van der Waals surface area contributed by atoms with Gasteiger partial charge < -0.3 is 4.90 Å². The number of nitrogens with zero attached hydrogens (tertiary/aromatic N) is 1. The molecule has 106 valence electrons. The number of rotatable bonds is 5. The summed E-state index contributed by atoms with van der Waals surface area (Å²) < 4.78 is 37.0. The first-order valence-electron chi connectivity index (χ1n) is 5.91. The molecule has 19 heavy (non-hydrogen) atoms. The van der Waals surface area contributed by atoms with Gasteiger partial charge >= 0.3 is 6.18 Å². The largest absolute Gasteiger partial charge is 0.406 e. The molecule has 0 aliphatic heterocycles. The summed E-state index contributed by atoms with van der Waals surface area (Å²) in [6.07, 6.45) is -4.07. The maximum atomic E-state index is 12.3. The van der Waals surface area contributed by atoms with Gasteiger partial charge in [0.1, 0.15) is 6.54 Å². The molecule has 1 amide bonds. The second-order valence-corrected chi connectivity index (χ2v) is 4.80. The van der Waals surface area contributed by atoms with Crippen LogP contribution in [0.4, 0.5) is 13.2 Å². The van der Waals surface area contributed by atoms with E-state index >= 15 is 0 Å². The van der Waals surface area contributed by atoms with Gasteiger partial charge in [-0.2, -0.15) is 25.8 Å². The zero-order valence-electron chi connectivity index (χ0n) is 10.5. The topological polar surface area (TPSA) is 20.3 Å². The molecule has 0 spiro atoms. The average molecular weight is 291 g/mol. The molecule has 0 N–H and O–H groups in total. The fourth-order valence-electron chi connectivity index (χ4n) is 1.70. The molecule has 1 rings (SSSR count). The van der Waals surface area contributed by atoms with Crippen LogP contribution >= 0.6 is 12.6 Å². The third-order valence-corrected chi connectivity index (χ3v) is 3.02. The van der Waals surface area contributed by atoms with Crippen molar-refractivity contribution in [2.24, 2.45) is 0 Å². The van der Waals surface area contributed by atoms with Crippen molar-refractivity contribution in [3.63, 3.8) is 0 Å². The lowest BCUT2D eigenvalue weighted by molar-refractivity contribution is -0.160. The summed E-state index contributed by atoms with van der Waals surface area (Å²) >= 11 is 4.12. The monoisotopic (exact) mass is 291 g/mol. The minimum absolute atomic E-state index is 0.0180. The first-order valence-corrected chi connectivity index (χ1v) is 6.42. The van der Waals surface area contributed by atoms with E-state index in [-0.39, 0.29) is 6.54 Å². The highest BCUT2D eigenvalue weighted by molar-refractivity contribution is 7.81. The predicted octanol–water partition coefficient (Wildman–Crippen LogP) is 2.94. The van der Waals surface area contributed by atoms with Crippen LogP contribution in [0.1, 0.15) is 12.5 Å². The van der Waals surface area contributed by atoms with Crippen molar-refractivity contribution in [2.75, 3.05) is 13.1 Å². The highest BCUT2D eigenvalue weighted by Gasteiger charge is 2.33. The van der Waals surface area contributed by atoms with Crippen molar-refractivity contribution in [3.05, 3.63) is 35.9 Å². The molecule has 0 aliphatic rings. The predicted molar refractivity (Wildman–Crippen MR) is 71.2 cm³/mol. The number of hydrogen-bond donors (Lipinski definition) is 1. The van der Waals surface area contributed by atoms with E-state index in [0.717, 1.165) is 10.5 Å². The lowest BCUT2D eigenvalue weighted by atomic mass is 10.1. The molecule has 2 nitrogen and oxygen atoms in total. The van der Waals surface area contributed by atoms with Crippen molar-refractivity contribution in [2.45, 2.75) is 24.8 Å². The van der Waals surface area contributed by atoms with E-state index in [4.69, 9.17) is 0 Å². The fourth-order valence-corrected chi connectivity index (χ4v) is 2.07. The molecule has 1 aromatic carbocycles. The smallest absolute Gasteiger partial charge is 0.333 e. The van der Waals surface area contributed by atoms with E-state index in [2.05, 4.69) is 12.6 Å². The minimum atomic E-state index is -4.38. The van der Waals surface area contributed by atoms with Crippen LogP contribution in [-0.4, -0.2) is 35.3 Å². The third-order valence-electron chi connectivity index (χ3n) is 2.62. The average Bonchev–Trinajstić information content (AvgIpc) is 2.35. The maximum Gasteiger partial charge on any atom is 0.406 e. The molecule has 1 aromatic rings. The van der Waals surface area contributed by atoms with Crippen LogP contribution in [0.5, 0.6) is 0 Å². The van der Waals surface area contributed by atoms with Crippen LogP contribution in [-0.2, 0) is 11.2 Å². The number of alkyl halides is 3. The zero-order chi connectivity index (χ0) is 14.5. The Morgan fingerprint density at radius 1 is 1.32 bits per heavy atom. The molecule has 0 saturated carbocycles. The highest BCUT2D eigenvalue weighted by atomic mass is 32.1. The standard InChI is InChI=1S/C13H16F3NOS/c1-2-17(9-13(14,15)16)12(18)11(19)8-10-6-4-3-5-7-10/h3-7,11,19H,2,8-9H2,1H3. The molecular weight excluding hydrogens is 275 g/mol. The number of hydrogen-bond acceptors (Lipinski definition) is 2. The summed E-state index contributed by atoms with van der Waals surface area (Å²) in [6.45, 7) is 0.311. The summed E-state index contributed by atoms with van der Waals surface area (Å²) in [5, 5.41) is -0.760. The summed E-state index contributed by atoms with van der Waals surface area (Å²) in [5.74, 6) is -0.591. The summed E-state index contributed by atoms with van der Waals surface area (Å²) in [7, 11) is 0. The van der Waals surface area contributed by atoms with Crippen LogP contribution in [0, 0.1) is 0 Å². The van der Waals surface area contributed by atoms with Crippen molar-refractivity contribution < 1.29 is 18.0 Å². The normalized spacial score (nSPS) is 13.1. The van der Waals surface area contributed by atoms with Gasteiger partial charge in [-0.25, -0.2) is 0 Å². The third kappa shape index (κ3) is 5.55. The summed E-state index contributed by atoms with van der Waals surface area (Å²) in [5.41, 5.74) is 0.874. The Kier molecular flexibility index (Phi) is 5.72. The van der Waals surface area contributed by atoms with E-state index in [1.54, 1.807) is 0 Å². The van der Waals surface area contributed by atoms with Gasteiger partial charge in [-0.3, -0.25) is 4.79 Å². The fraction of sp³-hybridized carbons (Fsp3) is 0.462. The number of thiol groups is 1. The Bertz CT molecular complexity index is 408. The Hall–Kier alpha value is -1.17. The molecule has 1 atom stereocenters.